The third-order valence-electron chi connectivity index (χ3n) is 2.94. The Morgan fingerprint density at radius 3 is 2.60 bits per heavy atom. The Labute approximate surface area is 121 Å². The molecule has 1 atom stereocenters. The van der Waals surface area contributed by atoms with Gasteiger partial charge in [0.05, 0.1) is 6.54 Å². The zero-order chi connectivity index (χ0) is 15.0. The van der Waals surface area contributed by atoms with Gasteiger partial charge in [-0.3, -0.25) is 4.99 Å². The average Bonchev–Trinajstić information content (AvgIpc) is 2.87. The molecule has 0 radical (unpaired) electrons. The molecule has 1 rings (SSSR count). The van der Waals surface area contributed by atoms with E-state index in [-0.39, 0.29) is 0 Å². The van der Waals surface area contributed by atoms with Gasteiger partial charge in [0.25, 0.3) is 0 Å². The van der Waals surface area contributed by atoms with E-state index in [1.165, 1.54) is 0 Å². The number of hydrogen-bond donors (Lipinski definition) is 2. The van der Waals surface area contributed by atoms with Gasteiger partial charge in [-0.2, -0.15) is 4.98 Å². The summed E-state index contributed by atoms with van der Waals surface area (Å²) in [5, 5.41) is 10.5. The summed E-state index contributed by atoms with van der Waals surface area (Å²) in [5.74, 6) is 2.54. The lowest BCUT2D eigenvalue weighted by molar-refractivity contribution is 0.372. The van der Waals surface area contributed by atoms with Gasteiger partial charge >= 0.3 is 0 Å². The van der Waals surface area contributed by atoms with Crippen LogP contribution in [0.2, 0.25) is 0 Å². The van der Waals surface area contributed by atoms with Gasteiger partial charge in [-0.15, -0.1) is 0 Å². The zero-order valence-electron chi connectivity index (χ0n) is 13.2. The van der Waals surface area contributed by atoms with Crippen LogP contribution in [0.25, 0.3) is 0 Å². The molecule has 0 spiro atoms. The van der Waals surface area contributed by atoms with Gasteiger partial charge in [0.2, 0.25) is 5.89 Å². The molecule has 0 bridgehead atoms. The molecule has 114 valence electrons. The standard InChI is InChI=1S/C14H27N5O/c1-6-11(5)17-14(15-7-2)16-9-8-12-18-13(10(3)4)19-20-12/h10-11H,6-9H2,1-5H3,(H2,15,16,17). The molecule has 0 saturated heterocycles. The third kappa shape index (κ3) is 5.59. The van der Waals surface area contributed by atoms with Gasteiger partial charge in [-0.1, -0.05) is 25.9 Å². The quantitative estimate of drug-likeness (QED) is 0.591. The molecule has 1 aromatic rings. The molecule has 1 heterocycles. The highest BCUT2D eigenvalue weighted by molar-refractivity contribution is 5.80. The van der Waals surface area contributed by atoms with Crippen LogP contribution in [0, 0.1) is 0 Å². The number of hydrogen-bond acceptors (Lipinski definition) is 4. The minimum Gasteiger partial charge on any atom is -0.357 e. The van der Waals surface area contributed by atoms with E-state index in [0.29, 0.717) is 30.8 Å². The lowest BCUT2D eigenvalue weighted by Gasteiger charge is -2.15. The average molecular weight is 281 g/mol. The second-order valence-corrected chi connectivity index (χ2v) is 5.17. The number of aromatic nitrogens is 2. The molecule has 0 aliphatic heterocycles. The molecule has 2 N–H and O–H groups in total. The Kier molecular flexibility index (Phi) is 7.04. The van der Waals surface area contributed by atoms with Gasteiger partial charge in [-0.25, -0.2) is 0 Å². The van der Waals surface area contributed by atoms with Crippen LogP contribution in [0.15, 0.2) is 9.52 Å². The first-order valence-electron chi connectivity index (χ1n) is 7.44. The molecule has 0 aliphatic rings. The maximum atomic E-state index is 5.20. The van der Waals surface area contributed by atoms with E-state index in [2.05, 4.69) is 46.5 Å². The van der Waals surface area contributed by atoms with E-state index < -0.39 is 0 Å². The molecule has 0 saturated carbocycles. The lowest BCUT2D eigenvalue weighted by atomic mass is 10.2. The van der Waals surface area contributed by atoms with Crippen LogP contribution in [0.5, 0.6) is 0 Å². The number of aliphatic imine (C=N–C) groups is 1. The van der Waals surface area contributed by atoms with Gasteiger partial charge in [0.15, 0.2) is 11.8 Å². The molecule has 6 nitrogen and oxygen atoms in total. The number of nitrogens with one attached hydrogen (secondary N) is 2. The third-order valence-corrected chi connectivity index (χ3v) is 2.94. The highest BCUT2D eigenvalue weighted by atomic mass is 16.5. The normalized spacial score (nSPS) is 13.6. The summed E-state index contributed by atoms with van der Waals surface area (Å²) < 4.78 is 5.20. The van der Waals surface area contributed by atoms with E-state index >= 15 is 0 Å². The van der Waals surface area contributed by atoms with Crippen molar-refractivity contribution in [1.29, 1.82) is 0 Å². The molecule has 0 fully saturated rings. The molecular formula is C14H27N5O. The number of rotatable bonds is 7. The minimum atomic E-state index is 0.292. The van der Waals surface area contributed by atoms with Crippen molar-refractivity contribution < 1.29 is 4.52 Å². The smallest absolute Gasteiger partial charge is 0.228 e. The van der Waals surface area contributed by atoms with Crippen molar-refractivity contribution in [3.63, 3.8) is 0 Å². The molecule has 0 aliphatic carbocycles. The predicted octanol–water partition coefficient (Wildman–Crippen LogP) is 2.09. The number of nitrogens with zero attached hydrogens (tertiary/aromatic N) is 3. The maximum absolute atomic E-state index is 5.20. The monoisotopic (exact) mass is 281 g/mol. The highest BCUT2D eigenvalue weighted by Crippen LogP contribution is 2.09. The van der Waals surface area contributed by atoms with Gasteiger partial charge in [0.1, 0.15) is 0 Å². The van der Waals surface area contributed by atoms with Crippen molar-refractivity contribution in [2.24, 2.45) is 4.99 Å². The summed E-state index contributed by atoms with van der Waals surface area (Å²) in [6.07, 6.45) is 1.72. The first-order valence-corrected chi connectivity index (χ1v) is 7.44. The van der Waals surface area contributed by atoms with Gasteiger partial charge in [0, 0.05) is 24.9 Å². The maximum Gasteiger partial charge on any atom is 0.228 e. The van der Waals surface area contributed by atoms with E-state index in [1.807, 2.05) is 13.8 Å². The van der Waals surface area contributed by atoms with Crippen LogP contribution < -0.4 is 10.6 Å². The molecule has 20 heavy (non-hydrogen) atoms. The van der Waals surface area contributed by atoms with Crippen molar-refractivity contribution in [1.82, 2.24) is 20.8 Å². The van der Waals surface area contributed by atoms with Crippen molar-refractivity contribution >= 4 is 5.96 Å². The fourth-order valence-corrected chi connectivity index (χ4v) is 1.52. The van der Waals surface area contributed by atoms with Crippen LogP contribution in [0.3, 0.4) is 0 Å². The van der Waals surface area contributed by atoms with E-state index in [0.717, 1.165) is 24.7 Å². The molecular weight excluding hydrogens is 254 g/mol. The van der Waals surface area contributed by atoms with Crippen LogP contribution in [0.1, 0.15) is 58.7 Å². The molecule has 6 heteroatoms. The molecule has 1 unspecified atom stereocenters. The summed E-state index contributed by atoms with van der Waals surface area (Å²) in [7, 11) is 0. The predicted molar refractivity (Wildman–Crippen MR) is 81.0 cm³/mol. The Bertz CT molecular complexity index is 413. The van der Waals surface area contributed by atoms with E-state index in [1.54, 1.807) is 0 Å². The minimum absolute atomic E-state index is 0.292. The SMILES string of the molecule is CCNC(=NCCc1nc(C(C)C)no1)NC(C)CC. The fourth-order valence-electron chi connectivity index (χ4n) is 1.52. The summed E-state index contributed by atoms with van der Waals surface area (Å²) >= 11 is 0. The fraction of sp³-hybridized carbons (Fsp3) is 0.786. The largest absolute Gasteiger partial charge is 0.357 e. The van der Waals surface area contributed by atoms with Crippen LogP contribution >= 0.6 is 0 Å². The second kappa shape index (κ2) is 8.55. The molecule has 1 aromatic heterocycles. The van der Waals surface area contributed by atoms with Gasteiger partial charge < -0.3 is 15.2 Å². The molecule has 0 aromatic carbocycles. The van der Waals surface area contributed by atoms with E-state index in [4.69, 9.17) is 4.52 Å². The lowest BCUT2D eigenvalue weighted by Crippen LogP contribution is -2.42. The summed E-state index contributed by atoms with van der Waals surface area (Å²) in [6.45, 7) is 11.9. The number of guanidine groups is 1. The molecule has 0 amide bonds. The van der Waals surface area contributed by atoms with Crippen molar-refractivity contribution in [2.45, 2.75) is 59.4 Å². The highest BCUT2D eigenvalue weighted by Gasteiger charge is 2.09. The van der Waals surface area contributed by atoms with Crippen molar-refractivity contribution in [2.75, 3.05) is 13.1 Å². The van der Waals surface area contributed by atoms with Crippen LogP contribution in [0.4, 0.5) is 0 Å². The van der Waals surface area contributed by atoms with Crippen LogP contribution in [-0.2, 0) is 6.42 Å². The Balaban J connectivity index is 2.49. The first-order chi connectivity index (χ1) is 9.56. The van der Waals surface area contributed by atoms with Crippen molar-refractivity contribution in [3.8, 4) is 0 Å². The van der Waals surface area contributed by atoms with E-state index in [9.17, 15) is 0 Å². The summed E-state index contributed by atoms with van der Waals surface area (Å²) in [4.78, 5) is 8.86. The summed E-state index contributed by atoms with van der Waals surface area (Å²) in [5.41, 5.74) is 0. The van der Waals surface area contributed by atoms with Gasteiger partial charge in [-0.05, 0) is 20.3 Å². The summed E-state index contributed by atoms with van der Waals surface area (Å²) in [6, 6.07) is 0.406. The topological polar surface area (TPSA) is 75.3 Å². The first kappa shape index (κ1) is 16.5. The Morgan fingerprint density at radius 2 is 2.05 bits per heavy atom. The zero-order valence-corrected chi connectivity index (χ0v) is 13.2. The second-order valence-electron chi connectivity index (χ2n) is 5.17. The Morgan fingerprint density at radius 1 is 1.30 bits per heavy atom. The van der Waals surface area contributed by atoms with Crippen LogP contribution in [-0.4, -0.2) is 35.2 Å². The Hall–Kier alpha value is -1.59. The van der Waals surface area contributed by atoms with Crippen molar-refractivity contribution in [3.05, 3.63) is 11.7 Å².